The second kappa shape index (κ2) is 9.72. The van der Waals surface area contributed by atoms with Crippen LogP contribution in [0.25, 0.3) is 0 Å². The Morgan fingerprint density at radius 2 is 1.87 bits per heavy atom. The molecular formula is C19H26N6O5. The molecule has 0 aliphatic carbocycles. The summed E-state index contributed by atoms with van der Waals surface area (Å²) in [7, 11) is 1.53. The van der Waals surface area contributed by atoms with Crippen LogP contribution >= 0.6 is 0 Å². The first kappa shape index (κ1) is 22.7. The van der Waals surface area contributed by atoms with E-state index in [2.05, 4.69) is 4.98 Å². The molecule has 0 saturated carbocycles. The molecule has 3 N–H and O–H groups in total. The molecule has 0 bridgehead atoms. The molecule has 11 nitrogen and oxygen atoms in total. The van der Waals surface area contributed by atoms with Gasteiger partial charge in [0.25, 0.3) is 11.2 Å². The third-order valence-electron chi connectivity index (χ3n) is 4.80. The molecule has 0 saturated heterocycles. The third-order valence-corrected chi connectivity index (χ3v) is 4.80. The molecule has 0 fully saturated rings. The monoisotopic (exact) mass is 418 g/mol. The summed E-state index contributed by atoms with van der Waals surface area (Å²) >= 11 is 0. The van der Waals surface area contributed by atoms with Crippen molar-refractivity contribution in [3.63, 3.8) is 0 Å². The average Bonchev–Trinajstić information content (AvgIpc) is 2.71. The van der Waals surface area contributed by atoms with Gasteiger partial charge in [-0.1, -0.05) is 13.3 Å². The fourth-order valence-corrected chi connectivity index (χ4v) is 2.98. The van der Waals surface area contributed by atoms with Crippen molar-refractivity contribution in [2.24, 2.45) is 0 Å². The zero-order valence-electron chi connectivity index (χ0n) is 17.3. The summed E-state index contributed by atoms with van der Waals surface area (Å²) in [5.74, 6) is -0.333. The van der Waals surface area contributed by atoms with Gasteiger partial charge in [0.1, 0.15) is 11.5 Å². The number of benzene rings is 1. The second-order valence-electron chi connectivity index (χ2n) is 6.74. The molecule has 1 aromatic carbocycles. The van der Waals surface area contributed by atoms with Crippen molar-refractivity contribution >= 4 is 28.8 Å². The summed E-state index contributed by atoms with van der Waals surface area (Å²) in [6, 6.07) is 5.56. The molecule has 0 radical (unpaired) electrons. The molecule has 0 unspecified atom stereocenters. The topological polar surface area (TPSA) is 148 Å². The lowest BCUT2D eigenvalue weighted by Crippen LogP contribution is -2.43. The van der Waals surface area contributed by atoms with Crippen molar-refractivity contribution in [1.29, 1.82) is 0 Å². The van der Waals surface area contributed by atoms with Crippen molar-refractivity contribution in [2.45, 2.75) is 33.2 Å². The molecule has 2 aromatic rings. The number of H-pyrrole nitrogens is 1. The van der Waals surface area contributed by atoms with Crippen LogP contribution in [0.1, 0.15) is 26.7 Å². The van der Waals surface area contributed by atoms with Gasteiger partial charge in [-0.3, -0.25) is 29.3 Å². The van der Waals surface area contributed by atoms with E-state index in [1.807, 2.05) is 6.92 Å². The highest BCUT2D eigenvalue weighted by molar-refractivity contribution is 5.96. The highest BCUT2D eigenvalue weighted by Gasteiger charge is 2.22. The van der Waals surface area contributed by atoms with Gasteiger partial charge in [0.2, 0.25) is 5.91 Å². The molecule has 0 aliphatic rings. The molecule has 0 aliphatic heterocycles. The highest BCUT2D eigenvalue weighted by Crippen LogP contribution is 2.20. The first-order valence-corrected chi connectivity index (χ1v) is 9.59. The van der Waals surface area contributed by atoms with Gasteiger partial charge >= 0.3 is 5.69 Å². The Balaban J connectivity index is 2.30. The number of nitro groups is 1. The Bertz CT molecular complexity index is 1030. The van der Waals surface area contributed by atoms with Gasteiger partial charge in [0, 0.05) is 38.0 Å². The number of nitrogens with one attached hydrogen (secondary N) is 1. The van der Waals surface area contributed by atoms with Crippen LogP contribution in [0.3, 0.4) is 0 Å². The standard InChI is InChI=1S/C19H26N6O5/c1-4-6-11-24-17(20)16(18(27)21-19(24)28)23(5-2)12-15(26)22(3)13-7-9-14(10-8-13)25(29)30/h7-10H,4-6,11-12,20H2,1-3H3,(H,21,27,28). The Hall–Kier alpha value is -3.63. The third kappa shape index (κ3) is 4.85. The number of carbonyl (C=O) groups excluding carboxylic acids is 1. The van der Waals surface area contributed by atoms with Gasteiger partial charge in [-0.05, 0) is 25.5 Å². The molecule has 0 spiro atoms. The first-order valence-electron chi connectivity index (χ1n) is 9.59. The predicted octanol–water partition coefficient (Wildman–Crippen LogP) is 1.32. The van der Waals surface area contributed by atoms with Crippen molar-refractivity contribution < 1.29 is 9.72 Å². The zero-order chi connectivity index (χ0) is 22.4. The van der Waals surface area contributed by atoms with E-state index < -0.39 is 16.2 Å². The summed E-state index contributed by atoms with van der Waals surface area (Å²) in [6.07, 6.45) is 1.56. The van der Waals surface area contributed by atoms with E-state index in [1.165, 1.54) is 45.7 Å². The lowest BCUT2D eigenvalue weighted by atomic mass is 10.2. The number of aromatic nitrogens is 2. The average molecular weight is 418 g/mol. The number of amides is 1. The number of likely N-dealkylation sites (N-methyl/N-ethyl adjacent to an activating group) is 2. The Labute approximate surface area is 172 Å². The van der Waals surface area contributed by atoms with E-state index >= 15 is 0 Å². The molecule has 11 heteroatoms. The van der Waals surface area contributed by atoms with Crippen LogP contribution in [0, 0.1) is 10.1 Å². The lowest BCUT2D eigenvalue weighted by molar-refractivity contribution is -0.384. The zero-order valence-corrected chi connectivity index (χ0v) is 17.3. The predicted molar refractivity (Wildman–Crippen MR) is 115 cm³/mol. The second-order valence-corrected chi connectivity index (χ2v) is 6.74. The van der Waals surface area contributed by atoms with Gasteiger partial charge in [-0.25, -0.2) is 4.79 Å². The molecule has 1 amide bonds. The van der Waals surface area contributed by atoms with Crippen LogP contribution in [0.2, 0.25) is 0 Å². The van der Waals surface area contributed by atoms with Crippen molar-refractivity contribution in [1.82, 2.24) is 9.55 Å². The number of nitrogens with zero attached hydrogens (tertiary/aromatic N) is 4. The van der Waals surface area contributed by atoms with Crippen LogP contribution in [-0.2, 0) is 11.3 Å². The number of unbranched alkanes of at least 4 members (excludes halogenated alkanes) is 1. The number of hydrogen-bond acceptors (Lipinski definition) is 7. The number of aromatic amines is 1. The van der Waals surface area contributed by atoms with E-state index in [9.17, 15) is 24.5 Å². The number of carbonyl (C=O) groups is 1. The van der Waals surface area contributed by atoms with E-state index in [-0.39, 0.29) is 29.6 Å². The van der Waals surface area contributed by atoms with E-state index in [0.717, 1.165) is 6.42 Å². The Morgan fingerprint density at radius 1 is 1.23 bits per heavy atom. The minimum atomic E-state index is -0.655. The SMILES string of the molecule is CCCCn1c(N)c(N(CC)CC(=O)N(C)c2ccc([N+](=O)[O-])cc2)c(=O)[nH]c1=O. The fraction of sp³-hybridized carbons (Fsp3) is 0.421. The van der Waals surface area contributed by atoms with Crippen LogP contribution in [0.5, 0.6) is 0 Å². The van der Waals surface area contributed by atoms with Crippen molar-refractivity contribution in [3.05, 3.63) is 55.2 Å². The quantitative estimate of drug-likeness (QED) is 0.461. The molecule has 1 heterocycles. The van der Waals surface area contributed by atoms with Crippen molar-refractivity contribution in [3.8, 4) is 0 Å². The Morgan fingerprint density at radius 3 is 2.40 bits per heavy atom. The number of rotatable bonds is 9. The summed E-state index contributed by atoms with van der Waals surface area (Å²) < 4.78 is 1.30. The summed E-state index contributed by atoms with van der Waals surface area (Å²) in [6.45, 7) is 4.24. The lowest BCUT2D eigenvalue weighted by Gasteiger charge is -2.26. The smallest absolute Gasteiger partial charge is 0.330 e. The summed E-state index contributed by atoms with van der Waals surface area (Å²) in [4.78, 5) is 52.7. The minimum Gasteiger partial charge on any atom is -0.383 e. The van der Waals surface area contributed by atoms with Crippen LogP contribution in [-0.4, -0.2) is 40.5 Å². The first-order chi connectivity index (χ1) is 14.2. The summed E-state index contributed by atoms with van der Waals surface area (Å²) in [5.41, 5.74) is 5.34. The maximum absolute atomic E-state index is 12.8. The molecule has 162 valence electrons. The number of nitrogens with two attached hydrogens (primary N) is 1. The largest absolute Gasteiger partial charge is 0.383 e. The van der Waals surface area contributed by atoms with E-state index in [1.54, 1.807) is 6.92 Å². The fourth-order valence-electron chi connectivity index (χ4n) is 2.98. The number of hydrogen-bond donors (Lipinski definition) is 2. The van der Waals surface area contributed by atoms with E-state index in [0.29, 0.717) is 25.2 Å². The molecule has 1 aromatic heterocycles. The highest BCUT2D eigenvalue weighted by atomic mass is 16.6. The Kier molecular flexibility index (Phi) is 7.34. The number of anilines is 3. The van der Waals surface area contributed by atoms with Gasteiger partial charge in [-0.2, -0.15) is 0 Å². The van der Waals surface area contributed by atoms with Crippen LogP contribution < -0.4 is 26.8 Å². The van der Waals surface area contributed by atoms with Crippen LogP contribution in [0.4, 0.5) is 22.9 Å². The van der Waals surface area contributed by atoms with Crippen molar-refractivity contribution in [2.75, 3.05) is 35.7 Å². The molecular weight excluding hydrogens is 392 g/mol. The normalized spacial score (nSPS) is 10.6. The molecule has 0 atom stereocenters. The summed E-state index contributed by atoms with van der Waals surface area (Å²) in [5, 5.41) is 10.8. The number of nitrogen functional groups attached to an aromatic ring is 1. The maximum atomic E-state index is 12.8. The molecule has 30 heavy (non-hydrogen) atoms. The number of non-ortho nitro benzene ring substituents is 1. The van der Waals surface area contributed by atoms with E-state index in [4.69, 9.17) is 5.73 Å². The minimum absolute atomic E-state index is 0.0184. The number of nitro benzene ring substituents is 1. The molecule has 2 rings (SSSR count). The van der Waals surface area contributed by atoms with Gasteiger partial charge < -0.3 is 15.5 Å². The van der Waals surface area contributed by atoms with Crippen LogP contribution in [0.15, 0.2) is 33.9 Å². The van der Waals surface area contributed by atoms with Gasteiger partial charge in [0.15, 0.2) is 0 Å². The van der Waals surface area contributed by atoms with Gasteiger partial charge in [0.05, 0.1) is 11.5 Å². The maximum Gasteiger partial charge on any atom is 0.330 e. The van der Waals surface area contributed by atoms with Gasteiger partial charge in [-0.15, -0.1) is 0 Å².